The molecule has 0 saturated carbocycles. The molecule has 2 fully saturated rings. The van der Waals surface area contributed by atoms with Crippen LogP contribution in [0.1, 0.15) is 33.6 Å². The molecule has 2 aliphatic rings. The van der Waals surface area contributed by atoms with Crippen LogP contribution in [0.2, 0.25) is 0 Å². The van der Waals surface area contributed by atoms with Crippen LogP contribution in [0.4, 0.5) is 0 Å². The Kier molecular flexibility index (Phi) is 7.49. The maximum atomic E-state index is 12.7. The third-order valence-corrected chi connectivity index (χ3v) is 4.83. The molecule has 0 aliphatic carbocycles. The third kappa shape index (κ3) is 5.32. The predicted octanol–water partition coefficient (Wildman–Crippen LogP) is 1.57. The number of hydrogen-bond donors (Lipinski definition) is 1. The molecule has 0 radical (unpaired) electrons. The van der Waals surface area contributed by atoms with E-state index in [9.17, 15) is 9.59 Å². The van der Waals surface area contributed by atoms with Gasteiger partial charge in [0.05, 0.1) is 5.88 Å². The van der Waals surface area contributed by atoms with Gasteiger partial charge < -0.3 is 15.1 Å². The first-order chi connectivity index (χ1) is 9.88. The summed E-state index contributed by atoms with van der Waals surface area (Å²) in [6, 6.07) is -0.261. The number of thioether (sulfide) groups is 1. The number of hydrogen-bond acceptors (Lipinski definition) is 4. The zero-order chi connectivity index (χ0) is 15.5. The molecule has 0 spiro atoms. The summed E-state index contributed by atoms with van der Waals surface area (Å²) in [6.45, 7) is 9.55. The van der Waals surface area contributed by atoms with Gasteiger partial charge in [-0.05, 0) is 18.4 Å². The average molecular weight is 350 g/mol. The van der Waals surface area contributed by atoms with Crippen molar-refractivity contribution >= 4 is 36.0 Å². The lowest BCUT2D eigenvalue weighted by atomic mass is 9.91. The minimum absolute atomic E-state index is 0. The van der Waals surface area contributed by atoms with E-state index in [0.717, 1.165) is 38.4 Å². The number of nitrogens with zero attached hydrogens (tertiary/aromatic N) is 2. The smallest absolute Gasteiger partial charge is 0.246 e. The van der Waals surface area contributed by atoms with Crippen LogP contribution in [0.3, 0.4) is 0 Å². The summed E-state index contributed by atoms with van der Waals surface area (Å²) in [5.41, 5.74) is -0.0372. The second-order valence-electron chi connectivity index (χ2n) is 7.05. The summed E-state index contributed by atoms with van der Waals surface area (Å²) in [4.78, 5) is 28.9. The van der Waals surface area contributed by atoms with Gasteiger partial charge in [-0.3, -0.25) is 9.59 Å². The molecule has 0 bridgehead atoms. The van der Waals surface area contributed by atoms with Gasteiger partial charge in [0.1, 0.15) is 6.04 Å². The van der Waals surface area contributed by atoms with Crippen molar-refractivity contribution in [3.8, 4) is 0 Å². The first kappa shape index (κ1) is 19.6. The SMILES string of the molecule is CC(C)(C)CC(=O)N1CSCC1C(=O)N1CCCNCC1.Cl. The van der Waals surface area contributed by atoms with Crippen LogP contribution in [0.25, 0.3) is 0 Å². The minimum Gasteiger partial charge on any atom is -0.340 e. The predicted molar refractivity (Wildman–Crippen MR) is 93.3 cm³/mol. The Hall–Kier alpha value is -0.460. The van der Waals surface area contributed by atoms with Crippen LogP contribution in [0.5, 0.6) is 0 Å². The van der Waals surface area contributed by atoms with E-state index in [4.69, 9.17) is 0 Å². The van der Waals surface area contributed by atoms with Gasteiger partial charge in [0, 0.05) is 31.8 Å². The van der Waals surface area contributed by atoms with Crippen LogP contribution in [0.15, 0.2) is 0 Å². The molecule has 0 aromatic heterocycles. The normalized spacial score (nSPS) is 23.0. The number of nitrogens with one attached hydrogen (secondary N) is 1. The highest BCUT2D eigenvalue weighted by Crippen LogP contribution is 2.27. The first-order valence-corrected chi connectivity index (χ1v) is 8.91. The maximum Gasteiger partial charge on any atom is 0.246 e. The van der Waals surface area contributed by atoms with Crippen LogP contribution < -0.4 is 5.32 Å². The first-order valence-electron chi connectivity index (χ1n) is 7.75. The highest BCUT2D eigenvalue weighted by Gasteiger charge is 2.37. The number of carbonyl (C=O) groups excluding carboxylic acids is 2. The second-order valence-corrected chi connectivity index (χ2v) is 8.05. The van der Waals surface area contributed by atoms with Crippen molar-refractivity contribution in [1.82, 2.24) is 15.1 Å². The van der Waals surface area contributed by atoms with Gasteiger partial charge in [-0.2, -0.15) is 0 Å². The number of amides is 2. The van der Waals surface area contributed by atoms with Crippen LogP contribution >= 0.6 is 24.2 Å². The monoisotopic (exact) mass is 349 g/mol. The number of carbonyl (C=O) groups is 2. The molecule has 2 aliphatic heterocycles. The Morgan fingerprint density at radius 3 is 2.64 bits per heavy atom. The molecule has 2 amide bonds. The van der Waals surface area contributed by atoms with E-state index in [1.165, 1.54) is 0 Å². The van der Waals surface area contributed by atoms with Gasteiger partial charge in [-0.25, -0.2) is 0 Å². The molecule has 1 unspecified atom stereocenters. The second kappa shape index (κ2) is 8.41. The van der Waals surface area contributed by atoms with Gasteiger partial charge in [0.15, 0.2) is 0 Å². The van der Waals surface area contributed by atoms with Gasteiger partial charge in [-0.15, -0.1) is 24.2 Å². The molecule has 2 saturated heterocycles. The summed E-state index contributed by atoms with van der Waals surface area (Å²) in [5.74, 6) is 1.63. The third-order valence-electron chi connectivity index (χ3n) is 3.82. The molecule has 1 N–H and O–H groups in total. The summed E-state index contributed by atoms with van der Waals surface area (Å²) in [5, 5.41) is 3.31. The highest BCUT2D eigenvalue weighted by atomic mass is 35.5. The fraction of sp³-hybridized carbons (Fsp3) is 0.867. The molecule has 128 valence electrons. The standard InChI is InChI=1S/C15H27N3O2S.ClH/c1-15(2,3)9-13(19)18-11-21-10-12(18)14(20)17-7-4-5-16-6-8-17;/h12,16H,4-11H2,1-3H3;1H. The Morgan fingerprint density at radius 1 is 1.23 bits per heavy atom. The Labute approximate surface area is 144 Å². The molecule has 0 aromatic rings. The quantitative estimate of drug-likeness (QED) is 0.822. The summed E-state index contributed by atoms with van der Waals surface area (Å²) >= 11 is 1.68. The fourth-order valence-electron chi connectivity index (χ4n) is 2.73. The maximum absolute atomic E-state index is 12.7. The molecule has 0 aromatic carbocycles. The molecule has 5 nitrogen and oxygen atoms in total. The van der Waals surface area contributed by atoms with Crippen molar-refractivity contribution < 1.29 is 9.59 Å². The molecular weight excluding hydrogens is 322 g/mol. The van der Waals surface area contributed by atoms with E-state index in [1.54, 1.807) is 16.7 Å². The van der Waals surface area contributed by atoms with Crippen molar-refractivity contribution in [1.29, 1.82) is 0 Å². The van der Waals surface area contributed by atoms with Crippen molar-refractivity contribution in [2.24, 2.45) is 5.41 Å². The van der Waals surface area contributed by atoms with Crippen molar-refractivity contribution in [2.45, 2.75) is 39.7 Å². The van der Waals surface area contributed by atoms with E-state index < -0.39 is 0 Å². The summed E-state index contributed by atoms with van der Waals surface area (Å²) in [6.07, 6.45) is 1.49. The van der Waals surface area contributed by atoms with Gasteiger partial charge in [0.2, 0.25) is 11.8 Å². The molecule has 1 atom stereocenters. The van der Waals surface area contributed by atoms with Crippen molar-refractivity contribution in [2.75, 3.05) is 37.8 Å². The van der Waals surface area contributed by atoms with E-state index >= 15 is 0 Å². The zero-order valence-electron chi connectivity index (χ0n) is 13.8. The summed E-state index contributed by atoms with van der Waals surface area (Å²) < 4.78 is 0. The van der Waals surface area contributed by atoms with E-state index in [0.29, 0.717) is 12.3 Å². The number of halogens is 1. The zero-order valence-corrected chi connectivity index (χ0v) is 15.4. The minimum atomic E-state index is -0.261. The molecule has 2 rings (SSSR count). The summed E-state index contributed by atoms with van der Waals surface area (Å²) in [7, 11) is 0. The lowest BCUT2D eigenvalue weighted by Gasteiger charge is -2.30. The van der Waals surface area contributed by atoms with Gasteiger partial charge in [0.25, 0.3) is 0 Å². The Balaban J connectivity index is 0.00000242. The van der Waals surface area contributed by atoms with Gasteiger partial charge >= 0.3 is 0 Å². The van der Waals surface area contributed by atoms with Crippen LogP contribution in [-0.2, 0) is 9.59 Å². The van der Waals surface area contributed by atoms with E-state index in [2.05, 4.69) is 26.1 Å². The van der Waals surface area contributed by atoms with Crippen molar-refractivity contribution in [3.63, 3.8) is 0 Å². The topological polar surface area (TPSA) is 52.7 Å². The molecule has 22 heavy (non-hydrogen) atoms. The van der Waals surface area contributed by atoms with Crippen molar-refractivity contribution in [3.05, 3.63) is 0 Å². The Morgan fingerprint density at radius 2 is 1.95 bits per heavy atom. The highest BCUT2D eigenvalue weighted by molar-refractivity contribution is 7.99. The molecule has 2 heterocycles. The largest absolute Gasteiger partial charge is 0.340 e. The average Bonchev–Trinajstić information content (AvgIpc) is 2.71. The lowest BCUT2D eigenvalue weighted by Crippen LogP contribution is -2.50. The lowest BCUT2D eigenvalue weighted by molar-refractivity contribution is -0.144. The number of rotatable bonds is 2. The van der Waals surface area contributed by atoms with Gasteiger partial charge in [-0.1, -0.05) is 20.8 Å². The van der Waals surface area contributed by atoms with Crippen LogP contribution in [0, 0.1) is 5.41 Å². The fourth-order valence-corrected chi connectivity index (χ4v) is 3.90. The molecular formula is C15H28ClN3O2S. The van der Waals surface area contributed by atoms with Crippen LogP contribution in [-0.4, -0.2) is 65.5 Å². The molecule has 7 heteroatoms. The van der Waals surface area contributed by atoms with E-state index in [1.807, 2.05) is 4.90 Å². The Bertz CT molecular complexity index is 393. The van der Waals surface area contributed by atoms with E-state index in [-0.39, 0.29) is 35.7 Å².